The van der Waals surface area contributed by atoms with E-state index in [1.54, 1.807) is 0 Å². The summed E-state index contributed by atoms with van der Waals surface area (Å²) < 4.78 is 8.72. The number of fused-ring (bicyclic) bond motifs is 6. The monoisotopic (exact) mass is 614 g/mol. The van der Waals surface area contributed by atoms with Crippen LogP contribution in [0.1, 0.15) is 0 Å². The van der Waals surface area contributed by atoms with E-state index in [2.05, 4.69) is 59.2 Å². The molecule has 6 aromatic carbocycles. The summed E-state index contributed by atoms with van der Waals surface area (Å²) in [5, 5.41) is 4.23. The highest BCUT2D eigenvalue weighted by molar-refractivity contribution is 6.68. The number of para-hydroxylation sites is 2. The Balaban J connectivity index is 1.31. The molecular weight excluding hydrogens is 595 g/mol. The summed E-state index contributed by atoms with van der Waals surface area (Å²) in [4.78, 5) is 14.6. The second-order valence-electron chi connectivity index (χ2n) is 11.9. The molecule has 9 aromatic rings. The van der Waals surface area contributed by atoms with Gasteiger partial charge in [0.05, 0.1) is 22.1 Å². The Morgan fingerprint density at radius 3 is 1.69 bits per heavy atom. The van der Waals surface area contributed by atoms with Gasteiger partial charge in [-0.1, -0.05) is 83.7 Å². The molecule has 0 unspecified atom stereocenters. The summed E-state index contributed by atoms with van der Waals surface area (Å²) in [6.07, 6.45) is 0. The molecule has 0 aliphatic carbocycles. The first kappa shape index (κ1) is 29.4. The Kier molecular flexibility index (Phi) is 6.70. The molecule has 0 saturated carbocycles. The maximum atomic E-state index is 6.47. The zero-order valence-corrected chi connectivity index (χ0v) is 26.1. The van der Waals surface area contributed by atoms with E-state index >= 15 is 0 Å². The summed E-state index contributed by atoms with van der Waals surface area (Å²) in [6.45, 7) is 0. The molecule has 9 rings (SSSR count). The van der Waals surface area contributed by atoms with Gasteiger partial charge in [0.25, 0.3) is 0 Å². The molecule has 0 spiro atoms. The molecule has 216 valence electrons. The molecule has 10 heteroatoms. The van der Waals surface area contributed by atoms with Crippen LogP contribution in [0.2, 0.25) is 0 Å². The lowest BCUT2D eigenvalue weighted by molar-refractivity contribution is 0.669. The summed E-state index contributed by atoms with van der Waals surface area (Å²) >= 11 is 0. The van der Waals surface area contributed by atoms with Crippen molar-refractivity contribution in [3.63, 3.8) is 0 Å². The van der Waals surface area contributed by atoms with Crippen LogP contribution in [0.4, 0.5) is 0 Å². The van der Waals surface area contributed by atoms with Crippen molar-refractivity contribution < 1.29 is 4.42 Å². The number of nitrogens with zero attached hydrogens (tertiary/aromatic N) is 4. The highest BCUT2D eigenvalue weighted by Gasteiger charge is 2.21. The van der Waals surface area contributed by atoms with Crippen molar-refractivity contribution >= 4 is 110 Å². The second-order valence-corrected chi connectivity index (χ2v) is 11.9. The maximum absolute atomic E-state index is 6.47. The van der Waals surface area contributed by atoms with Crippen LogP contribution < -0.4 is 27.3 Å². The third kappa shape index (κ3) is 4.51. The fourth-order valence-electron chi connectivity index (χ4n) is 6.74. The van der Waals surface area contributed by atoms with Crippen LogP contribution in [0.3, 0.4) is 0 Å². The van der Waals surface area contributed by atoms with Gasteiger partial charge in [-0.05, 0) is 42.5 Å². The molecule has 10 radical (unpaired) electrons. The fourth-order valence-corrected chi connectivity index (χ4v) is 6.74. The molecule has 0 atom stereocenters. The van der Waals surface area contributed by atoms with Gasteiger partial charge in [-0.3, -0.25) is 0 Å². The first-order valence-corrected chi connectivity index (χ1v) is 15.7. The smallest absolute Gasteiger partial charge is 0.164 e. The lowest BCUT2D eigenvalue weighted by Crippen LogP contribution is -2.55. The van der Waals surface area contributed by atoms with Gasteiger partial charge in [-0.2, -0.15) is 0 Å². The molecule has 0 N–H and O–H groups in total. The highest BCUT2D eigenvalue weighted by atomic mass is 16.3. The van der Waals surface area contributed by atoms with Gasteiger partial charge in [0, 0.05) is 32.8 Å². The summed E-state index contributed by atoms with van der Waals surface area (Å²) in [5.41, 5.74) is 7.18. The van der Waals surface area contributed by atoms with Gasteiger partial charge in [0.15, 0.2) is 17.5 Å². The van der Waals surface area contributed by atoms with Crippen molar-refractivity contribution in [3.8, 4) is 39.9 Å². The van der Waals surface area contributed by atoms with Crippen LogP contribution in [0, 0.1) is 0 Å². The van der Waals surface area contributed by atoms with E-state index in [9.17, 15) is 0 Å². The minimum Gasteiger partial charge on any atom is -0.456 e. The fraction of sp³-hybridized carbons (Fsp3) is 0. The molecule has 0 amide bonds. The molecule has 0 bridgehead atoms. The van der Waals surface area contributed by atoms with Crippen LogP contribution >= 0.6 is 0 Å². The third-order valence-corrected chi connectivity index (χ3v) is 9.14. The lowest BCUT2D eigenvalue weighted by Gasteiger charge is -2.20. The normalized spacial score (nSPS) is 11.7. The molecular formula is C39H19B5N4O. The Morgan fingerprint density at radius 1 is 0.449 bits per heavy atom. The van der Waals surface area contributed by atoms with Crippen LogP contribution in [0.5, 0.6) is 0 Å². The van der Waals surface area contributed by atoms with E-state index in [4.69, 9.17) is 58.6 Å². The van der Waals surface area contributed by atoms with Crippen LogP contribution in [0.15, 0.2) is 120 Å². The molecule has 0 fully saturated rings. The number of benzene rings is 6. The Hall–Kier alpha value is -5.75. The molecule has 0 aliphatic rings. The zero-order valence-electron chi connectivity index (χ0n) is 26.1. The largest absolute Gasteiger partial charge is 0.456 e. The van der Waals surface area contributed by atoms with Gasteiger partial charge < -0.3 is 8.98 Å². The topological polar surface area (TPSA) is 56.7 Å². The van der Waals surface area contributed by atoms with Crippen LogP contribution in [-0.4, -0.2) is 58.8 Å². The molecule has 5 nitrogen and oxygen atoms in total. The van der Waals surface area contributed by atoms with Crippen molar-refractivity contribution in [2.75, 3.05) is 0 Å². The van der Waals surface area contributed by atoms with E-state index in [-0.39, 0.29) is 33.1 Å². The van der Waals surface area contributed by atoms with E-state index in [1.807, 2.05) is 60.7 Å². The Labute approximate surface area is 288 Å². The van der Waals surface area contributed by atoms with Gasteiger partial charge in [-0.15, -0.1) is 16.4 Å². The third-order valence-electron chi connectivity index (χ3n) is 9.14. The molecule has 49 heavy (non-hydrogen) atoms. The number of furan rings is 1. The number of aromatic nitrogens is 4. The van der Waals surface area contributed by atoms with E-state index in [0.29, 0.717) is 17.2 Å². The highest BCUT2D eigenvalue weighted by Crippen LogP contribution is 2.39. The van der Waals surface area contributed by atoms with Gasteiger partial charge in [-0.25, -0.2) is 15.0 Å². The molecule has 0 saturated heterocycles. The maximum Gasteiger partial charge on any atom is 0.164 e. The number of hydrogen-bond acceptors (Lipinski definition) is 4. The molecule has 0 aliphatic heterocycles. The first-order valence-electron chi connectivity index (χ1n) is 15.7. The minimum absolute atomic E-state index is 0.118. The van der Waals surface area contributed by atoms with Crippen LogP contribution in [-0.2, 0) is 0 Å². The molecule has 3 heterocycles. The lowest BCUT2D eigenvalue weighted by atomic mass is 9.60. The summed E-state index contributed by atoms with van der Waals surface area (Å²) in [7, 11) is 31.5. The van der Waals surface area contributed by atoms with Crippen molar-refractivity contribution in [2.24, 2.45) is 0 Å². The number of rotatable bonds is 4. The predicted octanol–water partition coefficient (Wildman–Crippen LogP) is 3.84. The first-order chi connectivity index (χ1) is 23.9. The van der Waals surface area contributed by atoms with Crippen molar-refractivity contribution in [3.05, 3.63) is 115 Å². The Bertz CT molecular complexity index is 2710. The zero-order chi connectivity index (χ0) is 33.4. The van der Waals surface area contributed by atoms with Crippen molar-refractivity contribution in [1.82, 2.24) is 19.5 Å². The van der Waals surface area contributed by atoms with E-state index in [1.165, 1.54) is 10.8 Å². The number of hydrogen-bond donors (Lipinski definition) is 0. The SMILES string of the molecule is [B]c1c([B])c([B])c(-c2nc(-c3ccccc3)nc(-c3ccc4oc5cccc(-n6c7ccccc7c7ccccc76)c5c4c3)n2)c([B])c1[B]. The minimum atomic E-state index is 0.118. The van der Waals surface area contributed by atoms with Crippen molar-refractivity contribution in [1.29, 1.82) is 0 Å². The van der Waals surface area contributed by atoms with E-state index in [0.717, 1.165) is 49.8 Å². The van der Waals surface area contributed by atoms with Gasteiger partial charge >= 0.3 is 0 Å². The predicted molar refractivity (Wildman–Crippen MR) is 205 cm³/mol. The summed E-state index contributed by atoms with van der Waals surface area (Å²) in [6, 6.07) is 38.5. The average molecular weight is 614 g/mol. The molecule has 3 aromatic heterocycles. The van der Waals surface area contributed by atoms with Gasteiger partial charge in [0.2, 0.25) is 0 Å². The standard InChI is InChI=1S/C39H19B5N4O/c40-32-31(33(41)35(43)36(44)34(32)42)39-46-37(20-9-2-1-3-10-20)45-38(47-39)21-17-18-28-24(19-21)30-27(15-8-16-29(30)49-28)48-25-13-6-4-11-22(25)23-12-5-7-14-26(23)48/h1-19H. The van der Waals surface area contributed by atoms with Crippen molar-refractivity contribution in [2.45, 2.75) is 0 Å². The van der Waals surface area contributed by atoms with Crippen LogP contribution in [0.25, 0.3) is 83.6 Å². The second kappa shape index (κ2) is 11.2. The Morgan fingerprint density at radius 2 is 1.02 bits per heavy atom. The summed E-state index contributed by atoms with van der Waals surface area (Å²) in [5.74, 6) is 1.05. The van der Waals surface area contributed by atoms with E-state index < -0.39 is 0 Å². The average Bonchev–Trinajstić information content (AvgIpc) is 3.69. The van der Waals surface area contributed by atoms with Gasteiger partial charge in [0.1, 0.15) is 50.4 Å². The quantitative estimate of drug-likeness (QED) is 0.283.